The van der Waals surface area contributed by atoms with Crippen LogP contribution in [0.25, 0.3) is 11.0 Å². The molecule has 2 rings (SSSR count). The van der Waals surface area contributed by atoms with Gasteiger partial charge in [-0.1, -0.05) is 0 Å². The van der Waals surface area contributed by atoms with E-state index >= 15 is 0 Å². The Kier molecular flexibility index (Phi) is 2.06. The van der Waals surface area contributed by atoms with Crippen LogP contribution in [0.1, 0.15) is 0 Å². The van der Waals surface area contributed by atoms with Crippen molar-refractivity contribution >= 4 is 39.3 Å². The molecule has 62 valence electrons. The zero-order valence-corrected chi connectivity index (χ0v) is 8.27. The smallest absolute Gasteiger partial charge is 0.169 e. The molecule has 12 heavy (non-hydrogen) atoms. The van der Waals surface area contributed by atoms with Crippen LogP contribution in [0.4, 0.5) is 3.89 Å². The molecule has 2 nitrogen and oxygen atoms in total. The second kappa shape index (κ2) is 3.06. The van der Waals surface area contributed by atoms with Crippen LogP contribution < -0.4 is 0 Å². The molecular weight excluding hydrogens is 243 g/mol. The maximum atomic E-state index is 12.2. The minimum absolute atomic E-state index is 0.172. The summed E-state index contributed by atoms with van der Waals surface area (Å²) in [5, 5.41) is 0. The molecule has 0 fully saturated rings. The molecule has 0 aliphatic heterocycles. The molecule has 0 atom stereocenters. The van der Waals surface area contributed by atoms with E-state index in [2.05, 4.69) is 20.9 Å². The summed E-state index contributed by atoms with van der Waals surface area (Å²) >= 11 is 3.41. The van der Waals surface area contributed by atoms with Gasteiger partial charge in [0, 0.05) is 6.20 Å². The quantitative estimate of drug-likeness (QED) is 0.720. The average molecular weight is 247 g/mol. The van der Waals surface area contributed by atoms with Crippen LogP contribution in [0.5, 0.6) is 0 Å². The number of halogens is 2. The van der Waals surface area contributed by atoms with Gasteiger partial charge in [0.2, 0.25) is 0 Å². The number of hydrogen-bond donors (Lipinski definition) is 0. The Labute approximate surface area is 81.3 Å². The first-order chi connectivity index (χ1) is 5.81. The first kappa shape index (κ1) is 8.07. The Morgan fingerprint density at radius 1 is 1.42 bits per heavy atom. The highest BCUT2D eigenvalue weighted by Gasteiger charge is 2.02. The van der Waals surface area contributed by atoms with Gasteiger partial charge in [0.25, 0.3) is 0 Å². The molecular formula is C7H4BrFN2S. The highest BCUT2D eigenvalue weighted by molar-refractivity contribution is 9.10. The van der Waals surface area contributed by atoms with Gasteiger partial charge < -0.3 is 0 Å². The van der Waals surface area contributed by atoms with E-state index in [4.69, 9.17) is 0 Å². The van der Waals surface area contributed by atoms with Gasteiger partial charge in [-0.25, -0.2) is 4.98 Å². The standard InChI is InChI=1S/C7H4BrFN2S/c8-7-2-1-6-5(10-7)3-4-11(6)12-9/h1-4H. The predicted molar refractivity (Wildman–Crippen MR) is 51.5 cm³/mol. The normalized spacial score (nSPS) is 10.8. The maximum Gasteiger partial charge on any atom is 0.169 e. The SMILES string of the molecule is FSn1ccc2nc(Br)ccc21. The van der Waals surface area contributed by atoms with Gasteiger partial charge in [0.05, 0.1) is 11.0 Å². The van der Waals surface area contributed by atoms with Crippen molar-refractivity contribution in [1.29, 1.82) is 0 Å². The van der Waals surface area contributed by atoms with E-state index < -0.39 is 0 Å². The van der Waals surface area contributed by atoms with Gasteiger partial charge in [-0.2, -0.15) is 0 Å². The number of nitrogens with zero attached hydrogens (tertiary/aromatic N) is 2. The first-order valence-corrected chi connectivity index (χ1v) is 4.70. The monoisotopic (exact) mass is 246 g/mol. The summed E-state index contributed by atoms with van der Waals surface area (Å²) in [6.07, 6.45) is 1.65. The lowest BCUT2D eigenvalue weighted by atomic mass is 10.4. The molecule has 2 aromatic heterocycles. The molecule has 0 amide bonds. The van der Waals surface area contributed by atoms with E-state index in [1.165, 1.54) is 3.97 Å². The molecule has 0 aliphatic carbocycles. The van der Waals surface area contributed by atoms with E-state index in [9.17, 15) is 3.89 Å². The Morgan fingerprint density at radius 3 is 3.00 bits per heavy atom. The van der Waals surface area contributed by atoms with Gasteiger partial charge in [-0.15, -0.1) is 3.89 Å². The summed E-state index contributed by atoms with van der Waals surface area (Å²) in [4.78, 5) is 4.16. The van der Waals surface area contributed by atoms with Crippen molar-refractivity contribution in [3.05, 3.63) is 29.0 Å². The van der Waals surface area contributed by atoms with Crippen molar-refractivity contribution in [2.75, 3.05) is 0 Å². The van der Waals surface area contributed by atoms with Crippen molar-refractivity contribution in [3.63, 3.8) is 0 Å². The Morgan fingerprint density at radius 2 is 2.25 bits per heavy atom. The summed E-state index contributed by atoms with van der Waals surface area (Å²) in [7, 11) is 0. The van der Waals surface area contributed by atoms with Crippen LogP contribution in [0, 0.1) is 0 Å². The third-order valence-electron chi connectivity index (χ3n) is 1.55. The molecule has 0 saturated heterocycles. The molecule has 0 radical (unpaired) electrons. The fourth-order valence-corrected chi connectivity index (χ4v) is 1.69. The molecule has 0 aliphatic rings. The summed E-state index contributed by atoms with van der Waals surface area (Å²) in [5.41, 5.74) is 1.57. The fraction of sp³-hybridized carbons (Fsp3) is 0. The van der Waals surface area contributed by atoms with Crippen LogP contribution in [0.15, 0.2) is 29.0 Å². The minimum atomic E-state index is 0.172. The molecule has 2 heterocycles. The zero-order valence-electron chi connectivity index (χ0n) is 5.87. The van der Waals surface area contributed by atoms with Gasteiger partial charge >= 0.3 is 0 Å². The highest BCUT2D eigenvalue weighted by Crippen LogP contribution is 2.21. The van der Waals surface area contributed by atoms with Gasteiger partial charge in [0.1, 0.15) is 4.60 Å². The number of fused-ring (bicyclic) bond motifs is 1. The summed E-state index contributed by atoms with van der Waals surface area (Å²) in [6.45, 7) is 0. The van der Waals surface area contributed by atoms with Crippen molar-refractivity contribution in [1.82, 2.24) is 8.96 Å². The number of rotatable bonds is 1. The molecule has 5 heteroatoms. The molecule has 0 aromatic carbocycles. The van der Waals surface area contributed by atoms with E-state index in [-0.39, 0.29) is 12.3 Å². The van der Waals surface area contributed by atoms with E-state index in [0.717, 1.165) is 15.6 Å². The minimum Gasteiger partial charge on any atom is -0.262 e. The van der Waals surface area contributed by atoms with E-state index in [1.807, 2.05) is 6.07 Å². The molecule has 0 bridgehead atoms. The second-order valence-electron chi connectivity index (χ2n) is 2.25. The van der Waals surface area contributed by atoms with Crippen LogP contribution in [-0.2, 0) is 0 Å². The number of pyridine rings is 1. The molecule has 2 aromatic rings. The van der Waals surface area contributed by atoms with Crippen molar-refractivity contribution in [2.45, 2.75) is 0 Å². The van der Waals surface area contributed by atoms with E-state index in [0.29, 0.717) is 0 Å². The molecule has 0 unspecified atom stereocenters. The third kappa shape index (κ3) is 1.23. The fourth-order valence-electron chi connectivity index (χ4n) is 1.03. The number of aromatic nitrogens is 2. The van der Waals surface area contributed by atoms with Gasteiger partial charge in [-0.05, 0) is 34.1 Å². The molecule has 0 N–H and O–H groups in total. The summed E-state index contributed by atoms with van der Waals surface area (Å²) in [5.74, 6) is 0. The lowest BCUT2D eigenvalue weighted by Gasteiger charge is -1.94. The predicted octanol–water partition coefficient (Wildman–Crippen LogP) is 3.18. The summed E-state index contributed by atoms with van der Waals surface area (Å²) < 4.78 is 14.4. The van der Waals surface area contributed by atoms with Crippen LogP contribution in [-0.4, -0.2) is 8.96 Å². The molecule has 0 saturated carbocycles. The Balaban J connectivity index is 2.73. The lowest BCUT2D eigenvalue weighted by molar-refractivity contribution is 0.921. The van der Waals surface area contributed by atoms with Gasteiger partial charge in [-0.3, -0.25) is 3.97 Å². The Hall–Kier alpha value is -0.550. The third-order valence-corrected chi connectivity index (χ3v) is 2.46. The largest absolute Gasteiger partial charge is 0.262 e. The number of hydrogen-bond acceptors (Lipinski definition) is 2. The Bertz CT molecular complexity index is 415. The topological polar surface area (TPSA) is 17.8 Å². The van der Waals surface area contributed by atoms with Crippen molar-refractivity contribution in [3.8, 4) is 0 Å². The van der Waals surface area contributed by atoms with Crippen LogP contribution in [0.2, 0.25) is 0 Å². The van der Waals surface area contributed by atoms with Gasteiger partial charge in [0.15, 0.2) is 12.3 Å². The zero-order chi connectivity index (χ0) is 8.55. The van der Waals surface area contributed by atoms with E-state index in [1.54, 1.807) is 18.3 Å². The maximum absolute atomic E-state index is 12.2. The second-order valence-corrected chi connectivity index (χ2v) is 3.59. The molecule has 0 spiro atoms. The lowest BCUT2D eigenvalue weighted by Crippen LogP contribution is -1.80. The van der Waals surface area contributed by atoms with Crippen molar-refractivity contribution in [2.24, 2.45) is 0 Å². The van der Waals surface area contributed by atoms with Crippen LogP contribution >= 0.6 is 28.3 Å². The van der Waals surface area contributed by atoms with Crippen LogP contribution in [0.3, 0.4) is 0 Å². The first-order valence-electron chi connectivity index (χ1n) is 3.24. The highest BCUT2D eigenvalue weighted by atomic mass is 79.9. The van der Waals surface area contributed by atoms with Crippen molar-refractivity contribution < 1.29 is 3.89 Å². The average Bonchev–Trinajstić information content (AvgIpc) is 2.46. The summed E-state index contributed by atoms with van der Waals surface area (Å²) in [6, 6.07) is 5.38.